The van der Waals surface area contributed by atoms with Crippen LogP contribution in [0, 0.1) is 0 Å². The number of piperazine rings is 1. The van der Waals surface area contributed by atoms with E-state index in [9.17, 15) is 14.4 Å². The molecule has 2 aromatic rings. The molecule has 0 spiro atoms. The molecule has 1 fully saturated rings. The quantitative estimate of drug-likeness (QED) is 0.743. The zero-order valence-corrected chi connectivity index (χ0v) is 16.3. The third-order valence-corrected chi connectivity index (χ3v) is 5.37. The van der Waals surface area contributed by atoms with Crippen molar-refractivity contribution in [3.8, 4) is 5.75 Å². The second-order valence-electron chi connectivity index (χ2n) is 7.21. The van der Waals surface area contributed by atoms with Crippen molar-refractivity contribution >= 4 is 29.0 Å². The van der Waals surface area contributed by atoms with Gasteiger partial charge in [-0.3, -0.25) is 19.3 Å². The van der Waals surface area contributed by atoms with E-state index in [0.717, 1.165) is 5.69 Å². The van der Waals surface area contributed by atoms with Crippen LogP contribution in [-0.4, -0.2) is 61.8 Å². The Kier molecular flexibility index (Phi) is 5.20. The van der Waals surface area contributed by atoms with Gasteiger partial charge in [-0.05, 0) is 43.3 Å². The predicted molar refractivity (Wildman–Crippen MR) is 110 cm³/mol. The number of anilines is 2. The predicted octanol–water partition coefficient (Wildman–Crippen LogP) is 1.96. The summed E-state index contributed by atoms with van der Waals surface area (Å²) in [5.74, 6) is 0.396. The van der Waals surface area contributed by atoms with Gasteiger partial charge in [-0.2, -0.15) is 0 Å². The van der Waals surface area contributed by atoms with Gasteiger partial charge in [0.15, 0.2) is 12.4 Å². The summed E-state index contributed by atoms with van der Waals surface area (Å²) in [5, 5.41) is 0. The molecule has 0 N–H and O–H groups in total. The summed E-state index contributed by atoms with van der Waals surface area (Å²) in [6, 6.07) is 14.8. The van der Waals surface area contributed by atoms with Crippen LogP contribution in [0.1, 0.15) is 17.3 Å². The smallest absolute Gasteiger partial charge is 0.265 e. The largest absolute Gasteiger partial charge is 0.482 e. The first-order valence-electron chi connectivity index (χ1n) is 9.69. The molecule has 0 saturated carbocycles. The monoisotopic (exact) mass is 393 g/mol. The fourth-order valence-corrected chi connectivity index (χ4v) is 3.68. The average molecular weight is 393 g/mol. The number of carbonyl (C=O) groups is 3. The van der Waals surface area contributed by atoms with Crippen molar-refractivity contribution in [2.24, 2.45) is 0 Å². The number of hydrogen-bond acceptors (Lipinski definition) is 5. The van der Waals surface area contributed by atoms with Gasteiger partial charge >= 0.3 is 0 Å². The number of rotatable bonds is 4. The molecule has 0 atom stereocenters. The van der Waals surface area contributed by atoms with Gasteiger partial charge in [-0.1, -0.05) is 12.1 Å². The van der Waals surface area contributed by atoms with E-state index < -0.39 is 0 Å². The van der Waals surface area contributed by atoms with Crippen LogP contribution in [0.3, 0.4) is 0 Å². The summed E-state index contributed by atoms with van der Waals surface area (Å²) in [6.07, 6.45) is 0. The molecule has 2 aromatic carbocycles. The highest BCUT2D eigenvalue weighted by Crippen LogP contribution is 2.31. The van der Waals surface area contributed by atoms with Crippen LogP contribution < -0.4 is 14.5 Å². The van der Waals surface area contributed by atoms with Crippen LogP contribution in [0.15, 0.2) is 48.5 Å². The number of ketones is 1. The molecular weight excluding hydrogens is 370 g/mol. The normalized spacial score (nSPS) is 16.3. The maximum atomic E-state index is 12.8. The van der Waals surface area contributed by atoms with E-state index in [1.807, 2.05) is 36.4 Å². The first-order chi connectivity index (χ1) is 14.0. The van der Waals surface area contributed by atoms with Crippen LogP contribution in [0.4, 0.5) is 11.4 Å². The summed E-state index contributed by atoms with van der Waals surface area (Å²) < 4.78 is 5.44. The summed E-state index contributed by atoms with van der Waals surface area (Å²) >= 11 is 0. The highest BCUT2D eigenvalue weighted by atomic mass is 16.5. The van der Waals surface area contributed by atoms with Crippen molar-refractivity contribution in [1.82, 2.24) is 4.90 Å². The van der Waals surface area contributed by atoms with E-state index in [1.165, 1.54) is 4.90 Å². The van der Waals surface area contributed by atoms with Crippen LogP contribution in [0.25, 0.3) is 0 Å². The minimum Gasteiger partial charge on any atom is -0.482 e. The fraction of sp³-hybridized carbons (Fsp3) is 0.318. The molecule has 0 unspecified atom stereocenters. The standard InChI is InChI=1S/C22H23N3O4/c1-16(26)17-6-8-18(9-7-17)23-10-12-24(13-11-23)21(27)14-25-19-4-2-3-5-20(19)29-15-22(25)28/h2-9H,10-15H2,1H3. The number of Topliss-reactive ketones (excluding diaryl/α,β-unsaturated/α-hetero) is 1. The van der Waals surface area contributed by atoms with E-state index in [2.05, 4.69) is 4.90 Å². The van der Waals surface area contributed by atoms with E-state index in [4.69, 9.17) is 4.74 Å². The summed E-state index contributed by atoms with van der Waals surface area (Å²) in [4.78, 5) is 42.0. The first-order valence-corrected chi connectivity index (χ1v) is 9.69. The first kappa shape index (κ1) is 19.0. The molecule has 2 heterocycles. The number of hydrogen-bond donors (Lipinski definition) is 0. The number of nitrogens with zero attached hydrogens (tertiary/aromatic N) is 3. The molecule has 0 aromatic heterocycles. The molecule has 2 amide bonds. The minimum absolute atomic E-state index is 0.0204. The number of fused-ring (bicyclic) bond motifs is 1. The molecule has 0 bridgehead atoms. The van der Waals surface area contributed by atoms with Gasteiger partial charge in [-0.15, -0.1) is 0 Å². The van der Waals surface area contributed by atoms with Crippen molar-refractivity contribution in [2.75, 3.05) is 49.1 Å². The summed E-state index contributed by atoms with van der Waals surface area (Å²) in [5.41, 5.74) is 2.37. The van der Waals surface area contributed by atoms with Gasteiger partial charge in [0.25, 0.3) is 5.91 Å². The van der Waals surface area contributed by atoms with E-state index in [1.54, 1.807) is 24.0 Å². The molecule has 7 nitrogen and oxygen atoms in total. The molecule has 29 heavy (non-hydrogen) atoms. The van der Waals surface area contributed by atoms with Gasteiger partial charge in [0.2, 0.25) is 5.91 Å². The summed E-state index contributed by atoms with van der Waals surface area (Å²) in [7, 11) is 0. The number of amides is 2. The lowest BCUT2D eigenvalue weighted by molar-refractivity contribution is -0.132. The lowest BCUT2D eigenvalue weighted by Gasteiger charge is -2.37. The van der Waals surface area contributed by atoms with Crippen molar-refractivity contribution in [3.05, 3.63) is 54.1 Å². The molecule has 7 heteroatoms. The Bertz CT molecular complexity index is 933. The Morgan fingerprint density at radius 1 is 0.966 bits per heavy atom. The molecule has 1 saturated heterocycles. The zero-order chi connectivity index (χ0) is 20.4. The molecule has 4 rings (SSSR count). The third-order valence-electron chi connectivity index (χ3n) is 5.37. The Hall–Kier alpha value is -3.35. The number of carbonyl (C=O) groups excluding carboxylic acids is 3. The van der Waals surface area contributed by atoms with Crippen molar-refractivity contribution in [3.63, 3.8) is 0 Å². The molecule has 150 valence electrons. The SMILES string of the molecule is CC(=O)c1ccc(N2CCN(C(=O)CN3C(=O)COc4ccccc43)CC2)cc1. The van der Waals surface area contributed by atoms with E-state index >= 15 is 0 Å². The van der Waals surface area contributed by atoms with Crippen LogP contribution in [-0.2, 0) is 9.59 Å². The topological polar surface area (TPSA) is 70.2 Å². The average Bonchev–Trinajstić information content (AvgIpc) is 2.76. The highest BCUT2D eigenvalue weighted by Gasteiger charge is 2.29. The van der Waals surface area contributed by atoms with Crippen LogP contribution in [0.5, 0.6) is 5.75 Å². The van der Waals surface area contributed by atoms with E-state index in [0.29, 0.717) is 43.2 Å². The maximum absolute atomic E-state index is 12.8. The minimum atomic E-state index is -0.207. The van der Waals surface area contributed by atoms with Crippen LogP contribution >= 0.6 is 0 Å². The lowest BCUT2D eigenvalue weighted by Crippen LogP contribution is -2.53. The third kappa shape index (κ3) is 3.94. The Balaban J connectivity index is 1.37. The van der Waals surface area contributed by atoms with Gasteiger partial charge in [0.1, 0.15) is 12.3 Å². The zero-order valence-electron chi connectivity index (χ0n) is 16.3. The molecule has 0 radical (unpaired) electrons. The number of ether oxygens (including phenoxy) is 1. The molecule has 2 aliphatic rings. The summed E-state index contributed by atoms with van der Waals surface area (Å²) in [6.45, 7) is 4.12. The second-order valence-corrected chi connectivity index (χ2v) is 7.21. The lowest BCUT2D eigenvalue weighted by atomic mass is 10.1. The van der Waals surface area contributed by atoms with Gasteiger partial charge in [-0.25, -0.2) is 0 Å². The van der Waals surface area contributed by atoms with Gasteiger partial charge < -0.3 is 14.5 Å². The fourth-order valence-electron chi connectivity index (χ4n) is 3.68. The van der Waals surface area contributed by atoms with E-state index in [-0.39, 0.29) is 30.7 Å². The molecule has 2 aliphatic heterocycles. The van der Waals surface area contributed by atoms with Crippen LogP contribution in [0.2, 0.25) is 0 Å². The van der Waals surface area contributed by atoms with Gasteiger partial charge in [0.05, 0.1) is 5.69 Å². The van der Waals surface area contributed by atoms with Crippen molar-refractivity contribution in [2.45, 2.75) is 6.92 Å². The Morgan fingerprint density at radius 3 is 2.34 bits per heavy atom. The maximum Gasteiger partial charge on any atom is 0.265 e. The second kappa shape index (κ2) is 7.95. The highest BCUT2D eigenvalue weighted by molar-refractivity contribution is 6.02. The number of benzene rings is 2. The molecule has 0 aliphatic carbocycles. The Labute approximate surface area is 169 Å². The van der Waals surface area contributed by atoms with Gasteiger partial charge in [0, 0.05) is 37.4 Å². The Morgan fingerprint density at radius 2 is 1.66 bits per heavy atom. The number of para-hydroxylation sites is 2. The van der Waals surface area contributed by atoms with Crippen molar-refractivity contribution in [1.29, 1.82) is 0 Å². The van der Waals surface area contributed by atoms with Crippen molar-refractivity contribution < 1.29 is 19.1 Å². The molecular formula is C22H23N3O4.